The first-order valence-electron chi connectivity index (χ1n) is 2.26. The van der Waals surface area contributed by atoms with Gasteiger partial charge in [0.05, 0.1) is 4.88 Å². The molecule has 0 aromatic carbocycles. The van der Waals surface area contributed by atoms with Gasteiger partial charge in [0, 0.05) is 5.18 Å². The third-order valence-electron chi connectivity index (χ3n) is 0.815. The number of amides is 1. The molecule has 46 valence electrons. The van der Waals surface area contributed by atoms with Crippen molar-refractivity contribution in [2.45, 2.75) is 0 Å². The molecule has 0 radical (unpaired) electrons. The van der Waals surface area contributed by atoms with Crippen LogP contribution in [0.3, 0.4) is 0 Å². The highest BCUT2D eigenvalue weighted by molar-refractivity contribution is 7.12. The maximum Gasteiger partial charge on any atom is 0.326 e. The molecule has 0 saturated carbocycles. The zero-order valence-corrected chi connectivity index (χ0v) is 5.22. The maximum atomic E-state index is 10.4. The van der Waals surface area contributed by atoms with Crippen molar-refractivity contribution in [3.05, 3.63) is 27.3 Å². The molecule has 0 bridgehead atoms. The number of thiophene rings is 1. The zero-order valence-electron chi connectivity index (χ0n) is 4.40. The van der Waals surface area contributed by atoms with E-state index in [1.807, 2.05) is 0 Å². The van der Waals surface area contributed by atoms with E-state index in [0.717, 1.165) is 0 Å². The number of hydrogen-bond acceptors (Lipinski definition) is 3. The number of nitroso groups, excluding NO2 is 1. The number of carbonyl (C=O) groups is 1. The second kappa shape index (κ2) is 2.50. The fourth-order valence-electron chi connectivity index (χ4n) is 0.445. The van der Waals surface area contributed by atoms with Gasteiger partial charge in [-0.3, -0.25) is 4.79 Å². The predicted molar refractivity (Wildman–Crippen MR) is 34.4 cm³/mol. The Morgan fingerprint density at radius 3 is 2.89 bits per heavy atom. The Morgan fingerprint density at radius 1 is 1.67 bits per heavy atom. The molecule has 0 N–H and O–H groups in total. The molecule has 0 aliphatic carbocycles. The van der Waals surface area contributed by atoms with Gasteiger partial charge >= 0.3 is 5.91 Å². The second-order valence-corrected chi connectivity index (χ2v) is 2.32. The van der Waals surface area contributed by atoms with Gasteiger partial charge in [-0.05, 0) is 11.4 Å². The SMILES string of the molecule is O=NC(=O)c1cccs1. The van der Waals surface area contributed by atoms with E-state index < -0.39 is 5.91 Å². The summed E-state index contributed by atoms with van der Waals surface area (Å²) in [5.74, 6) is -0.690. The molecule has 3 nitrogen and oxygen atoms in total. The van der Waals surface area contributed by atoms with Crippen LogP contribution < -0.4 is 0 Å². The van der Waals surface area contributed by atoms with E-state index in [1.165, 1.54) is 11.3 Å². The first-order valence-corrected chi connectivity index (χ1v) is 3.14. The maximum absolute atomic E-state index is 10.4. The standard InChI is InChI=1S/C5H3NO2S/c7-5(6-8)4-2-1-3-9-4/h1-3H. The van der Waals surface area contributed by atoms with Gasteiger partial charge in [-0.25, -0.2) is 0 Å². The molecular formula is C5H3NO2S. The fourth-order valence-corrected chi connectivity index (χ4v) is 1.04. The molecule has 0 saturated heterocycles. The van der Waals surface area contributed by atoms with Gasteiger partial charge in [0.15, 0.2) is 0 Å². The van der Waals surface area contributed by atoms with E-state index >= 15 is 0 Å². The first kappa shape index (κ1) is 6.10. The molecule has 0 unspecified atom stereocenters. The van der Waals surface area contributed by atoms with Crippen molar-refractivity contribution < 1.29 is 4.79 Å². The van der Waals surface area contributed by atoms with Gasteiger partial charge in [0.1, 0.15) is 0 Å². The highest BCUT2D eigenvalue weighted by Crippen LogP contribution is 2.08. The Labute approximate surface area is 55.3 Å². The largest absolute Gasteiger partial charge is 0.326 e. The van der Waals surface area contributed by atoms with Crippen LogP contribution in [0.1, 0.15) is 9.67 Å². The summed E-state index contributed by atoms with van der Waals surface area (Å²) in [5.41, 5.74) is 0. The van der Waals surface area contributed by atoms with Crippen molar-refractivity contribution in [1.82, 2.24) is 0 Å². The minimum Gasteiger partial charge on any atom is -0.262 e. The monoisotopic (exact) mass is 141 g/mol. The smallest absolute Gasteiger partial charge is 0.262 e. The van der Waals surface area contributed by atoms with Crippen LogP contribution >= 0.6 is 11.3 Å². The molecule has 0 aliphatic heterocycles. The number of hydrogen-bond donors (Lipinski definition) is 0. The summed E-state index contributed by atoms with van der Waals surface area (Å²) in [5, 5.41) is 3.97. The van der Waals surface area contributed by atoms with Crippen LogP contribution in [0.4, 0.5) is 0 Å². The Bertz CT molecular complexity index is 217. The van der Waals surface area contributed by atoms with E-state index in [4.69, 9.17) is 0 Å². The van der Waals surface area contributed by atoms with Gasteiger partial charge < -0.3 is 0 Å². The molecular weight excluding hydrogens is 138 g/mol. The minimum absolute atomic E-state index is 0.394. The molecule has 9 heavy (non-hydrogen) atoms. The van der Waals surface area contributed by atoms with E-state index in [2.05, 4.69) is 5.18 Å². The lowest BCUT2D eigenvalue weighted by Gasteiger charge is -1.77. The first-order chi connectivity index (χ1) is 4.34. The summed E-state index contributed by atoms with van der Waals surface area (Å²) in [6, 6.07) is 3.26. The number of carbonyl (C=O) groups excluding carboxylic acids is 1. The van der Waals surface area contributed by atoms with Crippen LogP contribution in [0.2, 0.25) is 0 Å². The molecule has 0 atom stereocenters. The summed E-state index contributed by atoms with van der Waals surface area (Å²) in [6.07, 6.45) is 0. The summed E-state index contributed by atoms with van der Waals surface area (Å²) in [6.45, 7) is 0. The average Bonchev–Trinajstić information content (AvgIpc) is 2.37. The normalized spacial score (nSPS) is 8.89. The van der Waals surface area contributed by atoms with Crippen LogP contribution in [0.15, 0.2) is 22.7 Å². The van der Waals surface area contributed by atoms with Crippen molar-refractivity contribution in [3.8, 4) is 0 Å². The highest BCUT2D eigenvalue weighted by Gasteiger charge is 2.03. The zero-order chi connectivity index (χ0) is 6.69. The van der Waals surface area contributed by atoms with Crippen molar-refractivity contribution >= 4 is 17.2 Å². The second-order valence-electron chi connectivity index (χ2n) is 1.37. The van der Waals surface area contributed by atoms with E-state index in [1.54, 1.807) is 17.5 Å². The molecule has 1 amide bonds. The van der Waals surface area contributed by atoms with Crippen LogP contribution in [-0.2, 0) is 0 Å². The minimum atomic E-state index is -0.690. The van der Waals surface area contributed by atoms with Gasteiger partial charge in [0.2, 0.25) is 0 Å². The lowest BCUT2D eigenvalue weighted by molar-refractivity contribution is 0.100. The van der Waals surface area contributed by atoms with Crippen LogP contribution in [-0.4, -0.2) is 5.91 Å². The Kier molecular flexibility index (Phi) is 1.69. The van der Waals surface area contributed by atoms with E-state index in [9.17, 15) is 9.70 Å². The molecule has 4 heteroatoms. The fraction of sp³-hybridized carbons (Fsp3) is 0. The Morgan fingerprint density at radius 2 is 2.44 bits per heavy atom. The lowest BCUT2D eigenvalue weighted by atomic mass is 10.5. The topological polar surface area (TPSA) is 46.5 Å². The molecule has 1 aromatic heterocycles. The van der Waals surface area contributed by atoms with Crippen molar-refractivity contribution in [2.75, 3.05) is 0 Å². The molecule has 1 aromatic rings. The van der Waals surface area contributed by atoms with Crippen molar-refractivity contribution in [3.63, 3.8) is 0 Å². The third kappa shape index (κ3) is 1.20. The molecule has 0 spiro atoms. The Balaban J connectivity index is 2.89. The number of rotatable bonds is 1. The molecule has 1 heterocycles. The quantitative estimate of drug-likeness (QED) is 0.558. The summed E-state index contributed by atoms with van der Waals surface area (Å²) in [7, 11) is 0. The summed E-state index contributed by atoms with van der Waals surface area (Å²) < 4.78 is 0. The van der Waals surface area contributed by atoms with E-state index in [-0.39, 0.29) is 0 Å². The number of nitrogens with zero attached hydrogens (tertiary/aromatic N) is 1. The third-order valence-corrected chi connectivity index (χ3v) is 1.67. The van der Waals surface area contributed by atoms with Gasteiger partial charge in [-0.2, -0.15) is 0 Å². The molecule has 1 rings (SSSR count). The predicted octanol–water partition coefficient (Wildman–Crippen LogP) is 1.65. The van der Waals surface area contributed by atoms with Crippen molar-refractivity contribution in [1.29, 1.82) is 0 Å². The average molecular weight is 141 g/mol. The molecule has 0 aliphatic rings. The van der Waals surface area contributed by atoms with Gasteiger partial charge in [-0.1, -0.05) is 6.07 Å². The summed E-state index contributed by atoms with van der Waals surface area (Å²) >= 11 is 1.21. The van der Waals surface area contributed by atoms with Crippen LogP contribution in [0.25, 0.3) is 0 Å². The Hall–Kier alpha value is -1.03. The van der Waals surface area contributed by atoms with E-state index in [0.29, 0.717) is 4.88 Å². The summed E-state index contributed by atoms with van der Waals surface area (Å²) in [4.78, 5) is 20.4. The lowest BCUT2D eigenvalue weighted by Crippen LogP contribution is -1.85. The van der Waals surface area contributed by atoms with Crippen LogP contribution in [0.5, 0.6) is 0 Å². The van der Waals surface area contributed by atoms with Gasteiger partial charge in [-0.15, -0.1) is 16.2 Å². The molecule has 0 fully saturated rings. The van der Waals surface area contributed by atoms with Crippen LogP contribution in [0, 0.1) is 4.91 Å². The van der Waals surface area contributed by atoms with Crippen molar-refractivity contribution in [2.24, 2.45) is 5.18 Å². The highest BCUT2D eigenvalue weighted by atomic mass is 32.1. The van der Waals surface area contributed by atoms with Gasteiger partial charge in [0.25, 0.3) is 0 Å².